The number of aromatic nitrogens is 2. The monoisotopic (exact) mass is 278 g/mol. The van der Waals surface area contributed by atoms with Gasteiger partial charge in [0.05, 0.1) is 10.7 Å². The molecule has 3 nitrogen and oxygen atoms in total. The molecule has 5 heteroatoms. The first-order valence-electron chi connectivity index (χ1n) is 6.12. The third-order valence-electron chi connectivity index (χ3n) is 3.32. The van der Waals surface area contributed by atoms with Crippen LogP contribution in [0.4, 0.5) is 4.39 Å². The van der Waals surface area contributed by atoms with E-state index in [0.717, 1.165) is 12.8 Å². The van der Waals surface area contributed by atoms with Crippen LogP contribution in [-0.2, 0) is 0 Å². The summed E-state index contributed by atoms with van der Waals surface area (Å²) < 4.78 is 13.1. The average molecular weight is 279 g/mol. The Morgan fingerprint density at radius 3 is 2.79 bits per heavy atom. The molecule has 0 saturated heterocycles. The summed E-state index contributed by atoms with van der Waals surface area (Å²) in [5.74, 6) is 0.635. The maximum Gasteiger partial charge on any atom is 0.254 e. The fourth-order valence-electron chi connectivity index (χ4n) is 2.04. The minimum atomic E-state index is -0.404. The average Bonchev–Trinajstić information content (AvgIpc) is 3.17. The Labute approximate surface area is 114 Å². The molecule has 1 saturated carbocycles. The summed E-state index contributed by atoms with van der Waals surface area (Å²) in [5.41, 5.74) is 1.47. The number of rotatable bonds is 2. The van der Waals surface area contributed by atoms with E-state index in [-0.39, 0.29) is 10.6 Å². The fraction of sp³-hybridized carbons (Fsp3) is 0.286. The molecule has 1 aromatic heterocycles. The van der Waals surface area contributed by atoms with E-state index in [1.165, 1.54) is 12.1 Å². The number of aromatic amines is 1. The lowest BCUT2D eigenvalue weighted by atomic mass is 10.1. The van der Waals surface area contributed by atoms with Gasteiger partial charge in [0, 0.05) is 17.0 Å². The molecule has 0 aliphatic heterocycles. The highest BCUT2D eigenvalue weighted by Gasteiger charge is 2.27. The van der Waals surface area contributed by atoms with Gasteiger partial charge in [-0.2, -0.15) is 0 Å². The van der Waals surface area contributed by atoms with E-state index in [1.54, 1.807) is 13.0 Å². The normalized spacial score (nSPS) is 14.7. The number of hydrogen-bond donors (Lipinski definition) is 1. The fourth-order valence-corrected chi connectivity index (χ4v) is 2.30. The van der Waals surface area contributed by atoms with Crippen LogP contribution < -0.4 is 5.56 Å². The number of benzene rings is 1. The van der Waals surface area contributed by atoms with Crippen molar-refractivity contribution in [1.82, 2.24) is 9.97 Å². The SMILES string of the molecule is Cc1c(-c2ccc(F)cc2Cl)nc(C2CC2)[nH]c1=O. The van der Waals surface area contributed by atoms with E-state index in [9.17, 15) is 9.18 Å². The van der Waals surface area contributed by atoms with Gasteiger partial charge in [-0.25, -0.2) is 9.37 Å². The lowest BCUT2D eigenvalue weighted by Gasteiger charge is -2.09. The Bertz CT molecular complexity index is 707. The second-order valence-electron chi connectivity index (χ2n) is 4.82. The molecule has 0 amide bonds. The highest BCUT2D eigenvalue weighted by atomic mass is 35.5. The van der Waals surface area contributed by atoms with Gasteiger partial charge in [-0.15, -0.1) is 0 Å². The zero-order valence-corrected chi connectivity index (χ0v) is 11.1. The molecule has 1 aromatic carbocycles. The molecule has 98 valence electrons. The van der Waals surface area contributed by atoms with Crippen LogP contribution in [0.3, 0.4) is 0 Å². The van der Waals surface area contributed by atoms with Crippen LogP contribution in [0.1, 0.15) is 30.1 Å². The molecule has 1 heterocycles. The Balaban J connectivity index is 2.20. The smallest absolute Gasteiger partial charge is 0.254 e. The van der Waals surface area contributed by atoms with Gasteiger partial charge in [0.25, 0.3) is 5.56 Å². The minimum Gasteiger partial charge on any atom is -0.310 e. The van der Waals surface area contributed by atoms with Crippen molar-refractivity contribution >= 4 is 11.6 Å². The lowest BCUT2D eigenvalue weighted by molar-refractivity contribution is 0.628. The van der Waals surface area contributed by atoms with Crippen LogP contribution in [0.25, 0.3) is 11.3 Å². The summed E-state index contributed by atoms with van der Waals surface area (Å²) in [5, 5.41) is 0.267. The van der Waals surface area contributed by atoms with E-state index in [2.05, 4.69) is 9.97 Å². The van der Waals surface area contributed by atoms with Crippen LogP contribution in [0.5, 0.6) is 0 Å². The van der Waals surface area contributed by atoms with E-state index in [1.807, 2.05) is 0 Å². The molecule has 0 bridgehead atoms. The van der Waals surface area contributed by atoms with Crippen molar-refractivity contribution < 1.29 is 4.39 Å². The van der Waals surface area contributed by atoms with Gasteiger partial charge in [-0.1, -0.05) is 11.6 Å². The van der Waals surface area contributed by atoms with Crippen molar-refractivity contribution in [3.63, 3.8) is 0 Å². The van der Waals surface area contributed by atoms with Crippen LogP contribution >= 0.6 is 11.6 Å². The zero-order chi connectivity index (χ0) is 13.6. The van der Waals surface area contributed by atoms with Gasteiger partial charge in [-0.3, -0.25) is 4.79 Å². The number of hydrogen-bond acceptors (Lipinski definition) is 2. The number of H-pyrrole nitrogens is 1. The maximum absolute atomic E-state index is 13.1. The third kappa shape index (κ3) is 2.28. The number of halogens is 2. The highest BCUT2D eigenvalue weighted by Crippen LogP contribution is 2.38. The van der Waals surface area contributed by atoms with Gasteiger partial charge >= 0.3 is 0 Å². The van der Waals surface area contributed by atoms with Gasteiger partial charge in [-0.05, 0) is 38.0 Å². The molecular weight excluding hydrogens is 267 g/mol. The zero-order valence-electron chi connectivity index (χ0n) is 10.3. The van der Waals surface area contributed by atoms with Crippen LogP contribution in [0.2, 0.25) is 5.02 Å². The third-order valence-corrected chi connectivity index (χ3v) is 3.63. The van der Waals surface area contributed by atoms with Crippen LogP contribution in [0.15, 0.2) is 23.0 Å². The van der Waals surface area contributed by atoms with Crippen molar-refractivity contribution in [3.05, 3.63) is 50.8 Å². The Kier molecular flexibility index (Phi) is 2.90. The molecule has 0 unspecified atom stereocenters. The van der Waals surface area contributed by atoms with Crippen molar-refractivity contribution in [2.45, 2.75) is 25.7 Å². The van der Waals surface area contributed by atoms with Gasteiger partial charge < -0.3 is 4.98 Å². The largest absolute Gasteiger partial charge is 0.310 e. The highest BCUT2D eigenvalue weighted by molar-refractivity contribution is 6.33. The second kappa shape index (κ2) is 4.46. The quantitative estimate of drug-likeness (QED) is 0.915. The first-order chi connectivity index (χ1) is 9.06. The van der Waals surface area contributed by atoms with Crippen LogP contribution in [-0.4, -0.2) is 9.97 Å². The summed E-state index contributed by atoms with van der Waals surface area (Å²) >= 11 is 6.04. The van der Waals surface area contributed by atoms with Crippen molar-refractivity contribution in [1.29, 1.82) is 0 Å². The summed E-state index contributed by atoms with van der Waals surface area (Å²) in [6, 6.07) is 4.11. The standard InChI is InChI=1S/C14H12ClFN2O/c1-7-12(10-5-4-9(16)6-11(10)15)17-13(8-2-3-8)18-14(7)19/h4-6,8H,2-3H2,1H3,(H,17,18,19). The van der Waals surface area contributed by atoms with Crippen LogP contribution in [0, 0.1) is 12.7 Å². The minimum absolute atomic E-state index is 0.160. The molecule has 1 N–H and O–H groups in total. The molecular formula is C14H12ClFN2O. The Morgan fingerprint density at radius 1 is 1.42 bits per heavy atom. The Morgan fingerprint density at radius 2 is 2.16 bits per heavy atom. The predicted molar refractivity (Wildman–Crippen MR) is 72.0 cm³/mol. The first-order valence-corrected chi connectivity index (χ1v) is 6.50. The lowest BCUT2D eigenvalue weighted by Crippen LogP contribution is -2.15. The molecule has 1 aliphatic carbocycles. The van der Waals surface area contributed by atoms with E-state index >= 15 is 0 Å². The molecule has 19 heavy (non-hydrogen) atoms. The van der Waals surface area contributed by atoms with Crippen molar-refractivity contribution in [2.24, 2.45) is 0 Å². The molecule has 1 aliphatic rings. The van der Waals surface area contributed by atoms with Gasteiger partial charge in [0.15, 0.2) is 0 Å². The molecule has 1 fully saturated rings. The number of nitrogens with one attached hydrogen (secondary N) is 1. The van der Waals surface area contributed by atoms with E-state index < -0.39 is 5.82 Å². The molecule has 0 radical (unpaired) electrons. The summed E-state index contributed by atoms with van der Waals surface area (Å²) in [4.78, 5) is 19.2. The second-order valence-corrected chi connectivity index (χ2v) is 5.23. The van der Waals surface area contributed by atoms with Crippen molar-refractivity contribution in [2.75, 3.05) is 0 Å². The first kappa shape index (κ1) is 12.4. The van der Waals surface area contributed by atoms with Crippen molar-refractivity contribution in [3.8, 4) is 11.3 Å². The van der Waals surface area contributed by atoms with E-state index in [4.69, 9.17) is 11.6 Å². The van der Waals surface area contributed by atoms with Gasteiger partial charge in [0.1, 0.15) is 11.6 Å². The molecule has 0 spiro atoms. The topological polar surface area (TPSA) is 45.8 Å². The summed E-state index contributed by atoms with van der Waals surface area (Å²) in [7, 11) is 0. The predicted octanol–water partition coefficient (Wildman–Crippen LogP) is 3.42. The molecule has 2 aromatic rings. The summed E-state index contributed by atoms with van der Waals surface area (Å²) in [6.45, 7) is 1.69. The molecule has 0 atom stereocenters. The Hall–Kier alpha value is -1.68. The van der Waals surface area contributed by atoms with Gasteiger partial charge in [0.2, 0.25) is 0 Å². The maximum atomic E-state index is 13.1. The summed E-state index contributed by atoms with van der Waals surface area (Å²) in [6.07, 6.45) is 2.09. The number of nitrogens with zero attached hydrogens (tertiary/aromatic N) is 1. The van der Waals surface area contributed by atoms with E-state index in [0.29, 0.717) is 28.6 Å². The molecule has 3 rings (SSSR count).